The number of esters is 1. The summed E-state index contributed by atoms with van der Waals surface area (Å²) in [6.45, 7) is 6.90. The lowest BCUT2D eigenvalue weighted by Gasteiger charge is -2.25. The van der Waals surface area contributed by atoms with Crippen LogP contribution in [0.5, 0.6) is 0 Å². The molecule has 1 fully saturated rings. The maximum Gasteiger partial charge on any atom is 0.307 e. The fourth-order valence-corrected chi connectivity index (χ4v) is 1.83. The molecule has 0 bridgehead atoms. The van der Waals surface area contributed by atoms with Crippen LogP contribution in [0.4, 0.5) is 0 Å². The van der Waals surface area contributed by atoms with E-state index in [4.69, 9.17) is 0 Å². The van der Waals surface area contributed by atoms with Crippen molar-refractivity contribution in [1.82, 2.24) is 4.90 Å². The molecule has 0 aliphatic carbocycles. The van der Waals surface area contributed by atoms with E-state index in [0.717, 1.165) is 25.1 Å². The van der Waals surface area contributed by atoms with Gasteiger partial charge in [0.15, 0.2) is 0 Å². The van der Waals surface area contributed by atoms with Crippen molar-refractivity contribution in [3.8, 4) is 0 Å². The molecule has 0 aromatic heterocycles. The Labute approximate surface area is 79.4 Å². The Bertz CT molecular complexity index is 213. The highest BCUT2D eigenvalue weighted by Gasteiger charge is 2.26. The molecule has 1 aliphatic heterocycles. The number of hydrogen-bond acceptors (Lipinski definition) is 3. The summed E-state index contributed by atoms with van der Waals surface area (Å²) >= 11 is 0. The van der Waals surface area contributed by atoms with Gasteiger partial charge in [0.2, 0.25) is 0 Å². The van der Waals surface area contributed by atoms with Crippen molar-refractivity contribution in [3.05, 3.63) is 12.3 Å². The van der Waals surface area contributed by atoms with E-state index in [-0.39, 0.29) is 5.97 Å². The van der Waals surface area contributed by atoms with E-state index in [0.29, 0.717) is 12.5 Å². The van der Waals surface area contributed by atoms with Crippen LogP contribution in [0.25, 0.3) is 0 Å². The first-order valence-electron chi connectivity index (χ1n) is 4.64. The molecule has 74 valence electrons. The SMILES string of the molecule is C=C(C)N1CCC[C@@H]1CC(=O)OC. The van der Waals surface area contributed by atoms with Crippen molar-refractivity contribution < 1.29 is 9.53 Å². The van der Waals surface area contributed by atoms with Crippen LogP contribution in [-0.2, 0) is 9.53 Å². The highest BCUT2D eigenvalue weighted by atomic mass is 16.5. The third-order valence-electron chi connectivity index (χ3n) is 2.50. The largest absolute Gasteiger partial charge is 0.469 e. The Morgan fingerprint density at radius 2 is 2.38 bits per heavy atom. The number of rotatable bonds is 3. The van der Waals surface area contributed by atoms with Gasteiger partial charge in [0, 0.05) is 18.3 Å². The highest BCUT2D eigenvalue weighted by Crippen LogP contribution is 2.23. The third kappa shape index (κ3) is 2.47. The first kappa shape index (κ1) is 10.1. The van der Waals surface area contributed by atoms with Crippen molar-refractivity contribution in [3.63, 3.8) is 0 Å². The number of methoxy groups -OCH3 is 1. The average Bonchev–Trinajstić information content (AvgIpc) is 2.52. The van der Waals surface area contributed by atoms with E-state index in [1.54, 1.807) is 0 Å². The molecule has 0 unspecified atom stereocenters. The molecule has 3 heteroatoms. The van der Waals surface area contributed by atoms with Gasteiger partial charge < -0.3 is 9.64 Å². The van der Waals surface area contributed by atoms with Gasteiger partial charge in [0.05, 0.1) is 13.5 Å². The first-order chi connectivity index (χ1) is 6.15. The normalized spacial score (nSPS) is 21.7. The van der Waals surface area contributed by atoms with Gasteiger partial charge in [-0.1, -0.05) is 6.58 Å². The Balaban J connectivity index is 2.48. The van der Waals surface area contributed by atoms with E-state index in [2.05, 4.69) is 16.2 Å². The molecule has 1 rings (SSSR count). The van der Waals surface area contributed by atoms with E-state index >= 15 is 0 Å². The monoisotopic (exact) mass is 183 g/mol. The summed E-state index contributed by atoms with van der Waals surface area (Å²) in [5.74, 6) is -0.127. The predicted molar refractivity (Wildman–Crippen MR) is 51.2 cm³/mol. The Kier molecular flexibility index (Phi) is 3.34. The van der Waals surface area contributed by atoms with Crippen LogP contribution < -0.4 is 0 Å². The summed E-state index contributed by atoms with van der Waals surface area (Å²) in [7, 11) is 1.43. The van der Waals surface area contributed by atoms with Crippen molar-refractivity contribution in [2.75, 3.05) is 13.7 Å². The van der Waals surface area contributed by atoms with Gasteiger partial charge in [0.25, 0.3) is 0 Å². The third-order valence-corrected chi connectivity index (χ3v) is 2.50. The topological polar surface area (TPSA) is 29.5 Å². The lowest BCUT2D eigenvalue weighted by molar-refractivity contribution is -0.141. The van der Waals surface area contributed by atoms with Gasteiger partial charge in [-0.15, -0.1) is 0 Å². The molecule has 1 heterocycles. The molecular weight excluding hydrogens is 166 g/mol. The fourth-order valence-electron chi connectivity index (χ4n) is 1.83. The first-order valence-corrected chi connectivity index (χ1v) is 4.64. The van der Waals surface area contributed by atoms with Crippen LogP contribution in [0.15, 0.2) is 12.3 Å². The molecule has 0 radical (unpaired) electrons. The molecule has 3 nitrogen and oxygen atoms in total. The van der Waals surface area contributed by atoms with E-state index < -0.39 is 0 Å². The standard InChI is InChI=1S/C10H17NO2/c1-8(2)11-6-4-5-9(11)7-10(12)13-3/h9H,1,4-7H2,2-3H3/t9-/m1/s1. The summed E-state index contributed by atoms with van der Waals surface area (Å²) in [6.07, 6.45) is 2.71. The molecular formula is C10H17NO2. The maximum absolute atomic E-state index is 11.1. The molecule has 1 atom stereocenters. The molecule has 13 heavy (non-hydrogen) atoms. The van der Waals surface area contributed by atoms with Gasteiger partial charge in [-0.3, -0.25) is 4.79 Å². The lowest BCUT2D eigenvalue weighted by atomic mass is 10.1. The van der Waals surface area contributed by atoms with Crippen molar-refractivity contribution in [1.29, 1.82) is 0 Å². The minimum atomic E-state index is -0.127. The number of hydrogen-bond donors (Lipinski definition) is 0. The molecule has 0 aromatic rings. The second-order valence-corrected chi connectivity index (χ2v) is 3.50. The average molecular weight is 183 g/mol. The van der Waals surface area contributed by atoms with Crippen LogP contribution in [0, 0.1) is 0 Å². The molecule has 0 saturated carbocycles. The second kappa shape index (κ2) is 4.30. The number of carbonyl (C=O) groups excluding carboxylic acids is 1. The Hall–Kier alpha value is -0.990. The molecule has 1 saturated heterocycles. The van der Waals surface area contributed by atoms with Gasteiger partial charge >= 0.3 is 5.97 Å². The molecule has 1 aliphatic rings. The predicted octanol–water partition coefficient (Wildman–Crippen LogP) is 1.55. The lowest BCUT2D eigenvalue weighted by Crippen LogP contribution is -2.29. The number of carbonyl (C=O) groups is 1. The van der Waals surface area contributed by atoms with Crippen LogP contribution >= 0.6 is 0 Å². The molecule has 0 aromatic carbocycles. The summed E-state index contributed by atoms with van der Waals surface area (Å²) in [5, 5.41) is 0. The summed E-state index contributed by atoms with van der Waals surface area (Å²) < 4.78 is 4.64. The number of nitrogens with zero attached hydrogens (tertiary/aromatic N) is 1. The van der Waals surface area contributed by atoms with Crippen LogP contribution in [0.1, 0.15) is 26.2 Å². The van der Waals surface area contributed by atoms with Gasteiger partial charge in [-0.25, -0.2) is 0 Å². The number of allylic oxidation sites excluding steroid dienone is 1. The summed E-state index contributed by atoms with van der Waals surface area (Å²) in [4.78, 5) is 13.2. The van der Waals surface area contributed by atoms with Gasteiger partial charge in [0.1, 0.15) is 0 Å². The van der Waals surface area contributed by atoms with Crippen LogP contribution in [0.3, 0.4) is 0 Å². The Morgan fingerprint density at radius 1 is 1.69 bits per heavy atom. The highest BCUT2D eigenvalue weighted by molar-refractivity contribution is 5.70. The smallest absolute Gasteiger partial charge is 0.307 e. The van der Waals surface area contributed by atoms with E-state index in [1.807, 2.05) is 6.92 Å². The fraction of sp³-hybridized carbons (Fsp3) is 0.700. The van der Waals surface area contributed by atoms with E-state index in [9.17, 15) is 4.79 Å². The number of likely N-dealkylation sites (tertiary alicyclic amines) is 1. The van der Waals surface area contributed by atoms with E-state index in [1.165, 1.54) is 7.11 Å². The zero-order valence-electron chi connectivity index (χ0n) is 8.38. The van der Waals surface area contributed by atoms with Crippen molar-refractivity contribution in [2.45, 2.75) is 32.2 Å². The molecule has 0 N–H and O–H groups in total. The molecule has 0 spiro atoms. The zero-order valence-corrected chi connectivity index (χ0v) is 8.38. The minimum Gasteiger partial charge on any atom is -0.469 e. The van der Waals surface area contributed by atoms with Crippen molar-refractivity contribution in [2.24, 2.45) is 0 Å². The van der Waals surface area contributed by atoms with Gasteiger partial charge in [-0.2, -0.15) is 0 Å². The Morgan fingerprint density at radius 3 is 2.92 bits per heavy atom. The van der Waals surface area contributed by atoms with Crippen LogP contribution in [0.2, 0.25) is 0 Å². The van der Waals surface area contributed by atoms with Gasteiger partial charge in [-0.05, 0) is 19.8 Å². The molecule has 0 amide bonds. The zero-order chi connectivity index (χ0) is 9.84. The quantitative estimate of drug-likeness (QED) is 0.622. The maximum atomic E-state index is 11.1. The summed E-state index contributed by atoms with van der Waals surface area (Å²) in [5.41, 5.74) is 1.05. The minimum absolute atomic E-state index is 0.127. The van der Waals surface area contributed by atoms with Crippen LogP contribution in [-0.4, -0.2) is 30.6 Å². The number of ether oxygens (including phenoxy) is 1. The van der Waals surface area contributed by atoms with Crippen molar-refractivity contribution >= 4 is 5.97 Å². The second-order valence-electron chi connectivity index (χ2n) is 3.50. The summed E-state index contributed by atoms with van der Waals surface area (Å²) in [6, 6.07) is 0.310.